The van der Waals surface area contributed by atoms with E-state index in [0.29, 0.717) is 6.04 Å². The summed E-state index contributed by atoms with van der Waals surface area (Å²) >= 11 is 0. The Bertz CT molecular complexity index is 711. The van der Waals surface area contributed by atoms with E-state index in [-0.39, 0.29) is 0 Å². The number of hydrogen-bond acceptors (Lipinski definition) is 3. The van der Waals surface area contributed by atoms with Crippen molar-refractivity contribution in [2.75, 3.05) is 46.4 Å². The molecule has 2 aromatic carbocycles. The van der Waals surface area contributed by atoms with Gasteiger partial charge in [-0.25, -0.2) is 0 Å². The first-order chi connectivity index (χ1) is 14.7. The lowest BCUT2D eigenvalue weighted by atomic mass is 9.98. The number of likely N-dealkylation sites (N-methyl/N-ethyl adjacent to an activating group) is 1. The molecule has 3 nitrogen and oxygen atoms in total. The minimum Gasteiger partial charge on any atom is -0.379 e. The predicted molar refractivity (Wildman–Crippen MR) is 128 cm³/mol. The fraction of sp³-hybridized carbons (Fsp3) is 0.346. The molecule has 1 aliphatic heterocycles. The highest BCUT2D eigenvalue weighted by molar-refractivity contribution is 7.76. The monoisotopic (exact) mass is 419 g/mol. The minimum absolute atomic E-state index is 0.383. The van der Waals surface area contributed by atoms with Crippen LogP contribution in [-0.4, -0.2) is 62.3 Å². The fourth-order valence-electron chi connectivity index (χ4n) is 4.12. The molecule has 1 atom stereocenters. The van der Waals surface area contributed by atoms with Gasteiger partial charge in [0.2, 0.25) is 0 Å². The second kappa shape index (κ2) is 10.9. The van der Waals surface area contributed by atoms with E-state index in [9.17, 15) is 0 Å². The molecule has 157 valence electrons. The molecule has 0 amide bonds. The van der Waals surface area contributed by atoms with Crippen LogP contribution in [-0.2, 0) is 4.74 Å². The second-order valence-electron chi connectivity index (χ2n) is 7.98. The topological polar surface area (TPSA) is 15.7 Å². The fourth-order valence-corrected chi connectivity index (χ4v) is 6.67. The van der Waals surface area contributed by atoms with E-state index in [1.54, 1.807) is 0 Å². The van der Waals surface area contributed by atoms with E-state index in [1.807, 2.05) is 0 Å². The molecule has 4 rings (SSSR count). The summed E-state index contributed by atoms with van der Waals surface area (Å²) in [6, 6.07) is 22.4. The smallest absolute Gasteiger partial charge is 0.0594 e. The first-order valence-electron chi connectivity index (χ1n) is 10.9. The number of hydrogen-bond donors (Lipinski definition) is 0. The predicted octanol–water partition coefficient (Wildman–Crippen LogP) is 3.50. The average Bonchev–Trinajstić information content (AvgIpc) is 3.28. The van der Waals surface area contributed by atoms with Crippen molar-refractivity contribution >= 4 is 18.5 Å². The zero-order valence-corrected chi connectivity index (χ0v) is 19.0. The van der Waals surface area contributed by atoms with Crippen LogP contribution < -0.4 is 10.6 Å². The highest BCUT2D eigenvalue weighted by atomic mass is 31.1. The maximum Gasteiger partial charge on any atom is 0.0594 e. The molecular formula is C26H32N2OP. The van der Waals surface area contributed by atoms with Crippen LogP contribution in [0.25, 0.3) is 0 Å². The molecule has 1 heterocycles. The molecule has 4 heteroatoms. The first-order valence-corrected chi connectivity index (χ1v) is 12.2. The summed E-state index contributed by atoms with van der Waals surface area (Å²) < 4.78 is 5.49. The molecular weight excluding hydrogens is 387 g/mol. The molecule has 0 N–H and O–H groups in total. The van der Waals surface area contributed by atoms with Gasteiger partial charge in [-0.05, 0) is 51.8 Å². The lowest BCUT2D eigenvalue weighted by Crippen LogP contribution is -2.44. The van der Waals surface area contributed by atoms with Crippen molar-refractivity contribution in [3.8, 4) is 0 Å². The Morgan fingerprint density at radius 2 is 1.53 bits per heavy atom. The van der Waals surface area contributed by atoms with Crippen molar-refractivity contribution in [1.82, 2.24) is 9.80 Å². The number of morpholine rings is 1. The molecule has 30 heavy (non-hydrogen) atoms. The molecule has 5 radical (unpaired) electrons. The van der Waals surface area contributed by atoms with E-state index in [0.717, 1.165) is 39.4 Å². The molecule has 1 aliphatic carbocycles. The van der Waals surface area contributed by atoms with Crippen molar-refractivity contribution in [3.63, 3.8) is 0 Å². The average molecular weight is 420 g/mol. The van der Waals surface area contributed by atoms with Crippen LogP contribution >= 0.6 is 7.92 Å². The third kappa shape index (κ3) is 5.32. The van der Waals surface area contributed by atoms with Gasteiger partial charge in [-0.2, -0.15) is 0 Å². The molecule has 0 unspecified atom stereocenters. The summed E-state index contributed by atoms with van der Waals surface area (Å²) in [4.78, 5) is 5.01. The van der Waals surface area contributed by atoms with Gasteiger partial charge in [0.15, 0.2) is 0 Å². The molecule has 2 fully saturated rings. The number of nitrogens with zero attached hydrogens (tertiary/aromatic N) is 2. The molecule has 0 spiro atoms. The van der Waals surface area contributed by atoms with Gasteiger partial charge in [-0.1, -0.05) is 60.7 Å². The van der Waals surface area contributed by atoms with Crippen LogP contribution in [0.1, 0.15) is 6.92 Å². The Hall–Kier alpha value is -1.25. The van der Waals surface area contributed by atoms with Crippen LogP contribution in [0, 0.1) is 30.8 Å². The highest BCUT2D eigenvalue weighted by Crippen LogP contribution is 2.57. The van der Waals surface area contributed by atoms with Gasteiger partial charge in [-0.15, -0.1) is 0 Å². The first kappa shape index (κ1) is 22.0. The molecule has 2 aliphatic rings. The van der Waals surface area contributed by atoms with Crippen molar-refractivity contribution < 1.29 is 4.74 Å². The van der Waals surface area contributed by atoms with E-state index >= 15 is 0 Å². The van der Waals surface area contributed by atoms with Gasteiger partial charge in [0.1, 0.15) is 0 Å². The van der Waals surface area contributed by atoms with E-state index in [1.165, 1.54) is 22.2 Å². The summed E-state index contributed by atoms with van der Waals surface area (Å²) in [5.41, 5.74) is 1.48. The van der Waals surface area contributed by atoms with Crippen LogP contribution in [0.15, 0.2) is 60.7 Å². The van der Waals surface area contributed by atoms with Gasteiger partial charge >= 0.3 is 0 Å². The largest absolute Gasteiger partial charge is 0.379 e. The Morgan fingerprint density at radius 3 is 2.13 bits per heavy atom. The highest BCUT2D eigenvalue weighted by Gasteiger charge is 2.40. The lowest BCUT2D eigenvalue weighted by molar-refractivity contribution is 0.0333. The van der Waals surface area contributed by atoms with Gasteiger partial charge in [-0.3, -0.25) is 4.90 Å². The third-order valence-corrected chi connectivity index (χ3v) is 8.60. The number of benzene rings is 2. The Balaban J connectivity index is 1.48. The van der Waals surface area contributed by atoms with Crippen LogP contribution in [0.3, 0.4) is 0 Å². The van der Waals surface area contributed by atoms with Crippen LogP contribution in [0.2, 0.25) is 0 Å². The van der Waals surface area contributed by atoms with Gasteiger partial charge in [0.05, 0.1) is 13.2 Å². The number of rotatable bonds is 8. The second-order valence-corrected chi connectivity index (χ2v) is 10.2. The van der Waals surface area contributed by atoms with E-state index < -0.39 is 7.92 Å². The molecule has 1 saturated heterocycles. The summed E-state index contributed by atoms with van der Waals surface area (Å²) in [5, 5.41) is 2.82. The lowest BCUT2D eigenvalue weighted by Gasteiger charge is -2.37. The third-order valence-electron chi connectivity index (χ3n) is 6.08. The minimum atomic E-state index is -0.562. The summed E-state index contributed by atoms with van der Waals surface area (Å²) in [7, 11) is 1.70. The maximum atomic E-state index is 5.49. The quantitative estimate of drug-likeness (QED) is 0.609. The van der Waals surface area contributed by atoms with Crippen LogP contribution in [0.4, 0.5) is 0 Å². The van der Waals surface area contributed by atoms with Crippen molar-refractivity contribution in [2.24, 2.45) is 0 Å². The molecule has 2 aromatic rings. The van der Waals surface area contributed by atoms with Crippen LogP contribution in [0.5, 0.6) is 0 Å². The van der Waals surface area contributed by atoms with E-state index in [2.05, 4.69) is 104 Å². The van der Waals surface area contributed by atoms with Crippen molar-refractivity contribution in [3.05, 3.63) is 91.5 Å². The Labute approximate surface area is 184 Å². The van der Waals surface area contributed by atoms with Gasteiger partial charge in [0, 0.05) is 43.8 Å². The number of ether oxygens (including phenoxy) is 1. The van der Waals surface area contributed by atoms with Crippen molar-refractivity contribution in [2.45, 2.75) is 13.0 Å². The molecule has 0 bridgehead atoms. The zero-order valence-electron chi connectivity index (χ0n) is 18.1. The summed E-state index contributed by atoms with van der Waals surface area (Å²) in [5.74, 6) is 1.46. The van der Waals surface area contributed by atoms with Gasteiger partial charge in [0.25, 0.3) is 0 Å². The summed E-state index contributed by atoms with van der Waals surface area (Å²) in [6.07, 6.45) is 6.90. The molecule has 0 aromatic heterocycles. The van der Waals surface area contributed by atoms with E-state index in [4.69, 9.17) is 4.74 Å². The Morgan fingerprint density at radius 1 is 0.933 bits per heavy atom. The Kier molecular flexibility index (Phi) is 7.95. The molecule has 1 saturated carbocycles. The zero-order chi connectivity index (χ0) is 20.8. The standard InChI is InChI=1S/C26H32N2OP/c1-22(27(2)16-17-28-18-20-29-21-19-28)25-14-9-15-26(25)30(23-10-5-3-6-11-23)24-12-7-4-8-13-24/h3-15,22H,16-21H2,1-2H3/t22-/m1/s1. The van der Waals surface area contributed by atoms with Crippen molar-refractivity contribution in [1.29, 1.82) is 0 Å². The normalized spacial score (nSPS) is 20.3. The van der Waals surface area contributed by atoms with Gasteiger partial charge < -0.3 is 9.64 Å². The maximum absolute atomic E-state index is 5.49. The SMILES string of the molecule is C[C@H]([C]1[CH][CH][CH][C]1P(c1ccccc1)c1ccccc1)N(C)CCN1CCOCC1. The summed E-state index contributed by atoms with van der Waals surface area (Å²) in [6.45, 7) is 8.36.